The van der Waals surface area contributed by atoms with Crippen LogP contribution in [0.2, 0.25) is 0 Å². The Morgan fingerprint density at radius 1 is 1.42 bits per heavy atom. The molecule has 7 nitrogen and oxygen atoms in total. The average Bonchev–Trinajstić information content (AvgIpc) is 3.15. The molecular weight excluding hydrogens is 328 g/mol. The fourth-order valence-electron chi connectivity index (χ4n) is 3.13. The van der Waals surface area contributed by atoms with Crippen LogP contribution in [0.25, 0.3) is 0 Å². The first-order chi connectivity index (χ1) is 11.4. The number of nitrogens with zero attached hydrogens (tertiary/aromatic N) is 4. The van der Waals surface area contributed by atoms with Gasteiger partial charge in [0.2, 0.25) is 5.91 Å². The van der Waals surface area contributed by atoms with Gasteiger partial charge in [-0.2, -0.15) is 5.10 Å². The van der Waals surface area contributed by atoms with Crippen LogP contribution >= 0.6 is 11.3 Å². The summed E-state index contributed by atoms with van der Waals surface area (Å²) >= 11 is 1.51. The van der Waals surface area contributed by atoms with Gasteiger partial charge in [0.25, 0.3) is 0 Å². The Balaban J connectivity index is 1.75. The van der Waals surface area contributed by atoms with Gasteiger partial charge in [-0.1, -0.05) is 0 Å². The third-order valence-electron chi connectivity index (χ3n) is 4.35. The first kappa shape index (κ1) is 16.6. The lowest BCUT2D eigenvalue weighted by atomic mass is 9.85. The summed E-state index contributed by atoms with van der Waals surface area (Å²) in [5.74, 6) is -1.48. The van der Waals surface area contributed by atoms with Gasteiger partial charge >= 0.3 is 5.97 Å². The number of rotatable bonds is 4. The fraction of sp³-hybridized carbons (Fsp3) is 0.500. The van der Waals surface area contributed by atoms with Crippen LogP contribution in [0, 0.1) is 12.8 Å². The molecule has 0 saturated carbocycles. The molecular formula is C16H20N4O3S. The number of piperidine rings is 1. The second-order valence-electron chi connectivity index (χ2n) is 6.25. The molecule has 3 heterocycles. The number of carbonyl (C=O) groups excluding carboxylic acids is 1. The summed E-state index contributed by atoms with van der Waals surface area (Å²) in [6.45, 7) is 2.68. The second kappa shape index (κ2) is 6.72. The van der Waals surface area contributed by atoms with Gasteiger partial charge in [-0.15, -0.1) is 11.3 Å². The molecule has 0 radical (unpaired) electrons. The van der Waals surface area contributed by atoms with Gasteiger partial charge in [-0.05, 0) is 18.9 Å². The van der Waals surface area contributed by atoms with E-state index in [-0.39, 0.29) is 24.8 Å². The summed E-state index contributed by atoms with van der Waals surface area (Å²) in [6, 6.07) is 0. The molecule has 1 amide bonds. The summed E-state index contributed by atoms with van der Waals surface area (Å²) in [5, 5.41) is 16.4. The summed E-state index contributed by atoms with van der Waals surface area (Å²) in [5.41, 5.74) is 1.73. The minimum absolute atomic E-state index is 0.00494. The van der Waals surface area contributed by atoms with Gasteiger partial charge < -0.3 is 10.0 Å². The largest absolute Gasteiger partial charge is 0.481 e. The number of amides is 1. The van der Waals surface area contributed by atoms with Crippen LogP contribution in [-0.2, 0) is 23.1 Å². The highest BCUT2D eigenvalue weighted by Crippen LogP contribution is 2.30. The Labute approximate surface area is 143 Å². The minimum atomic E-state index is -0.856. The standard InChI is InChI=1S/C16H20N4O3S/c1-10-18-14(9-24-10)4-15(21)20-7-11(3-12(8-20)16(22)23)13-5-17-19(2)6-13/h5-6,9,11-12H,3-4,7-8H2,1-2H3,(H,22,23). The van der Waals surface area contributed by atoms with E-state index in [2.05, 4.69) is 10.1 Å². The van der Waals surface area contributed by atoms with Crippen LogP contribution in [0.1, 0.15) is 28.6 Å². The Hall–Kier alpha value is -2.22. The highest BCUT2D eigenvalue weighted by molar-refractivity contribution is 7.09. The molecule has 128 valence electrons. The number of likely N-dealkylation sites (tertiary alicyclic amines) is 1. The molecule has 2 atom stereocenters. The lowest BCUT2D eigenvalue weighted by Crippen LogP contribution is -2.46. The van der Waals surface area contributed by atoms with E-state index in [0.29, 0.717) is 13.0 Å². The van der Waals surface area contributed by atoms with Crippen LogP contribution in [0.3, 0.4) is 0 Å². The number of aryl methyl sites for hydroxylation is 2. The molecule has 2 unspecified atom stereocenters. The molecule has 1 aliphatic rings. The zero-order valence-corrected chi connectivity index (χ0v) is 14.5. The van der Waals surface area contributed by atoms with E-state index in [1.807, 2.05) is 25.5 Å². The molecule has 0 bridgehead atoms. The van der Waals surface area contributed by atoms with Crippen molar-refractivity contribution in [3.05, 3.63) is 34.0 Å². The van der Waals surface area contributed by atoms with Crippen molar-refractivity contribution in [1.29, 1.82) is 0 Å². The molecule has 0 aliphatic carbocycles. The predicted molar refractivity (Wildman–Crippen MR) is 88.8 cm³/mol. The topological polar surface area (TPSA) is 88.3 Å². The third kappa shape index (κ3) is 3.64. The maximum absolute atomic E-state index is 12.6. The molecule has 0 spiro atoms. The summed E-state index contributed by atoms with van der Waals surface area (Å²) in [7, 11) is 1.83. The van der Waals surface area contributed by atoms with Crippen molar-refractivity contribution < 1.29 is 14.7 Å². The zero-order chi connectivity index (χ0) is 17.3. The molecule has 3 rings (SSSR count). The third-order valence-corrected chi connectivity index (χ3v) is 5.17. The first-order valence-corrected chi connectivity index (χ1v) is 8.70. The van der Waals surface area contributed by atoms with Crippen LogP contribution in [-0.4, -0.2) is 49.7 Å². The quantitative estimate of drug-likeness (QED) is 0.903. The van der Waals surface area contributed by atoms with Crippen molar-refractivity contribution in [2.75, 3.05) is 13.1 Å². The number of carbonyl (C=O) groups is 2. The Morgan fingerprint density at radius 2 is 2.21 bits per heavy atom. The second-order valence-corrected chi connectivity index (χ2v) is 7.31. The van der Waals surface area contributed by atoms with Gasteiger partial charge in [0.1, 0.15) is 0 Å². The fourth-order valence-corrected chi connectivity index (χ4v) is 3.74. The number of aliphatic carboxylic acids is 1. The molecule has 1 aliphatic heterocycles. The van der Waals surface area contributed by atoms with E-state index in [1.165, 1.54) is 11.3 Å². The van der Waals surface area contributed by atoms with Crippen LogP contribution in [0.15, 0.2) is 17.8 Å². The highest BCUT2D eigenvalue weighted by atomic mass is 32.1. The van der Waals surface area contributed by atoms with Gasteiger partial charge in [0.05, 0.1) is 29.2 Å². The van der Waals surface area contributed by atoms with Gasteiger partial charge in [0.15, 0.2) is 0 Å². The lowest BCUT2D eigenvalue weighted by molar-refractivity contribution is -0.146. The summed E-state index contributed by atoms with van der Waals surface area (Å²) in [4.78, 5) is 30.1. The maximum Gasteiger partial charge on any atom is 0.308 e. The van der Waals surface area contributed by atoms with E-state index in [9.17, 15) is 14.7 Å². The molecule has 2 aromatic rings. The molecule has 0 aromatic carbocycles. The molecule has 1 N–H and O–H groups in total. The Bertz CT molecular complexity index is 754. The van der Waals surface area contributed by atoms with Crippen molar-refractivity contribution in [3.8, 4) is 0 Å². The smallest absolute Gasteiger partial charge is 0.308 e. The van der Waals surface area contributed by atoms with E-state index in [1.54, 1.807) is 15.8 Å². The summed E-state index contributed by atoms with van der Waals surface area (Å²) in [6.07, 6.45) is 4.39. The van der Waals surface area contributed by atoms with Gasteiger partial charge in [-0.3, -0.25) is 14.3 Å². The molecule has 24 heavy (non-hydrogen) atoms. The molecule has 8 heteroatoms. The molecule has 2 aromatic heterocycles. The van der Waals surface area contributed by atoms with Crippen LogP contribution in [0.5, 0.6) is 0 Å². The number of carboxylic acid groups (broad SMARTS) is 1. The number of hydrogen-bond donors (Lipinski definition) is 1. The van der Waals surface area contributed by atoms with E-state index >= 15 is 0 Å². The summed E-state index contributed by atoms with van der Waals surface area (Å²) < 4.78 is 1.70. The van der Waals surface area contributed by atoms with Crippen molar-refractivity contribution in [3.63, 3.8) is 0 Å². The number of thiazole rings is 1. The number of hydrogen-bond acceptors (Lipinski definition) is 5. The SMILES string of the molecule is Cc1nc(CC(=O)N2CC(C(=O)O)CC(c3cnn(C)c3)C2)cs1. The number of aromatic nitrogens is 3. The lowest BCUT2D eigenvalue weighted by Gasteiger charge is -2.36. The van der Waals surface area contributed by atoms with Gasteiger partial charge in [0, 0.05) is 37.6 Å². The normalized spacial score (nSPS) is 21.0. The van der Waals surface area contributed by atoms with Crippen LogP contribution in [0.4, 0.5) is 0 Å². The number of carboxylic acids is 1. The van der Waals surface area contributed by atoms with Gasteiger partial charge in [-0.25, -0.2) is 4.98 Å². The highest BCUT2D eigenvalue weighted by Gasteiger charge is 2.35. The van der Waals surface area contributed by atoms with Crippen molar-refractivity contribution in [2.24, 2.45) is 13.0 Å². The van der Waals surface area contributed by atoms with E-state index in [0.717, 1.165) is 16.3 Å². The molecule has 1 fully saturated rings. The first-order valence-electron chi connectivity index (χ1n) is 7.82. The Morgan fingerprint density at radius 3 is 2.79 bits per heavy atom. The minimum Gasteiger partial charge on any atom is -0.481 e. The monoisotopic (exact) mass is 348 g/mol. The van der Waals surface area contributed by atoms with Crippen molar-refractivity contribution >= 4 is 23.2 Å². The van der Waals surface area contributed by atoms with Crippen LogP contribution < -0.4 is 0 Å². The predicted octanol–water partition coefficient (Wildman–Crippen LogP) is 1.44. The zero-order valence-electron chi connectivity index (χ0n) is 13.7. The van der Waals surface area contributed by atoms with Crippen molar-refractivity contribution in [1.82, 2.24) is 19.7 Å². The Kier molecular flexibility index (Phi) is 4.66. The molecule has 1 saturated heterocycles. The van der Waals surface area contributed by atoms with E-state index in [4.69, 9.17) is 0 Å². The van der Waals surface area contributed by atoms with Crippen molar-refractivity contribution in [2.45, 2.75) is 25.7 Å². The average molecular weight is 348 g/mol. The van der Waals surface area contributed by atoms with E-state index < -0.39 is 11.9 Å². The maximum atomic E-state index is 12.6.